The Bertz CT molecular complexity index is 783. The summed E-state index contributed by atoms with van der Waals surface area (Å²) in [6.45, 7) is 0.504. The fourth-order valence-electron chi connectivity index (χ4n) is 2.18. The minimum absolute atomic E-state index is 0.165. The first-order chi connectivity index (χ1) is 11.2. The molecule has 23 heavy (non-hydrogen) atoms. The maximum atomic E-state index is 11.7. The Labute approximate surface area is 133 Å². The van der Waals surface area contributed by atoms with E-state index in [0.29, 0.717) is 18.7 Å². The lowest BCUT2D eigenvalue weighted by molar-refractivity contribution is -0.116. The minimum Gasteiger partial charge on any atom is -0.465 e. The minimum atomic E-state index is -0.165. The van der Waals surface area contributed by atoms with Gasteiger partial charge in [-0.1, -0.05) is 0 Å². The van der Waals surface area contributed by atoms with Gasteiger partial charge in [0.25, 0.3) is 0 Å². The van der Waals surface area contributed by atoms with E-state index in [9.17, 15) is 4.79 Å². The molecule has 0 saturated heterocycles. The van der Waals surface area contributed by atoms with Crippen LogP contribution in [0.3, 0.4) is 0 Å². The molecule has 0 saturated carbocycles. The van der Waals surface area contributed by atoms with Crippen LogP contribution in [0.4, 0.5) is 0 Å². The van der Waals surface area contributed by atoms with Crippen molar-refractivity contribution in [3.05, 3.63) is 60.6 Å². The van der Waals surface area contributed by atoms with Crippen LogP contribution in [0.25, 0.3) is 17.5 Å². The van der Waals surface area contributed by atoms with Crippen LogP contribution in [0, 0.1) is 0 Å². The van der Waals surface area contributed by atoms with Gasteiger partial charge in [0.1, 0.15) is 17.3 Å². The number of imidazole rings is 1. The molecule has 3 rings (SSSR count). The molecule has 0 fully saturated rings. The second-order valence-corrected chi connectivity index (χ2v) is 5.02. The average molecular weight is 311 g/mol. The van der Waals surface area contributed by atoms with Gasteiger partial charge in [-0.3, -0.25) is 4.79 Å². The molecular formula is C17H17N3O3. The van der Waals surface area contributed by atoms with Gasteiger partial charge in [0.05, 0.1) is 12.5 Å². The van der Waals surface area contributed by atoms with E-state index >= 15 is 0 Å². The number of carbonyl (C=O) groups excluding carboxylic acids is 1. The highest BCUT2D eigenvalue weighted by molar-refractivity contribution is 5.91. The third-order valence-corrected chi connectivity index (χ3v) is 3.34. The molecule has 6 nitrogen and oxygen atoms in total. The zero-order chi connectivity index (χ0) is 16.1. The van der Waals surface area contributed by atoms with Crippen LogP contribution < -0.4 is 5.32 Å². The summed E-state index contributed by atoms with van der Waals surface area (Å²) in [6, 6.07) is 7.26. The maximum absolute atomic E-state index is 11.7. The zero-order valence-corrected chi connectivity index (χ0v) is 12.7. The van der Waals surface area contributed by atoms with Gasteiger partial charge < -0.3 is 18.7 Å². The summed E-state index contributed by atoms with van der Waals surface area (Å²) in [6.07, 6.45) is 8.81. The lowest BCUT2D eigenvalue weighted by Crippen LogP contribution is -2.24. The summed E-state index contributed by atoms with van der Waals surface area (Å²) in [5.41, 5.74) is 0.788. The highest BCUT2D eigenvalue weighted by Crippen LogP contribution is 2.18. The summed E-state index contributed by atoms with van der Waals surface area (Å²) < 4.78 is 12.4. The van der Waals surface area contributed by atoms with Gasteiger partial charge >= 0.3 is 0 Å². The Morgan fingerprint density at radius 3 is 2.87 bits per heavy atom. The van der Waals surface area contributed by atoms with Gasteiger partial charge in [0, 0.05) is 32.3 Å². The quantitative estimate of drug-likeness (QED) is 0.710. The number of rotatable bonds is 6. The SMILES string of the molecule is Cn1cc(-c2ccco2)nc1CCNC(=O)/C=C/c1ccco1. The van der Waals surface area contributed by atoms with E-state index in [1.165, 1.54) is 6.08 Å². The molecule has 0 spiro atoms. The molecule has 0 atom stereocenters. The Morgan fingerprint density at radius 1 is 1.30 bits per heavy atom. The normalized spacial score (nSPS) is 11.2. The second kappa shape index (κ2) is 6.83. The molecule has 0 radical (unpaired) electrons. The van der Waals surface area contributed by atoms with Crippen molar-refractivity contribution in [1.82, 2.24) is 14.9 Å². The molecule has 0 aliphatic rings. The molecule has 3 aromatic rings. The highest BCUT2D eigenvalue weighted by Gasteiger charge is 2.09. The first-order valence-electron chi connectivity index (χ1n) is 7.28. The molecule has 118 valence electrons. The molecule has 3 heterocycles. The molecule has 0 bridgehead atoms. The van der Waals surface area contributed by atoms with Crippen molar-refractivity contribution in [3.63, 3.8) is 0 Å². The summed E-state index contributed by atoms with van der Waals surface area (Å²) in [7, 11) is 1.92. The Kier molecular flexibility index (Phi) is 4.42. The molecule has 0 aliphatic heterocycles. The van der Waals surface area contributed by atoms with Crippen molar-refractivity contribution in [2.24, 2.45) is 7.05 Å². The molecule has 0 aromatic carbocycles. The third kappa shape index (κ3) is 3.79. The van der Waals surface area contributed by atoms with Crippen LogP contribution >= 0.6 is 0 Å². The largest absolute Gasteiger partial charge is 0.465 e. The number of aromatic nitrogens is 2. The number of furan rings is 2. The van der Waals surface area contributed by atoms with Crippen molar-refractivity contribution in [2.75, 3.05) is 6.54 Å². The van der Waals surface area contributed by atoms with Gasteiger partial charge in [0.15, 0.2) is 5.76 Å². The van der Waals surface area contributed by atoms with Gasteiger partial charge in [-0.2, -0.15) is 0 Å². The van der Waals surface area contributed by atoms with Crippen LogP contribution in [-0.2, 0) is 18.3 Å². The van der Waals surface area contributed by atoms with Crippen molar-refractivity contribution >= 4 is 12.0 Å². The maximum Gasteiger partial charge on any atom is 0.244 e. The average Bonchev–Trinajstić information content (AvgIpc) is 3.28. The first kappa shape index (κ1) is 14.9. The van der Waals surface area contributed by atoms with E-state index in [1.807, 2.05) is 29.9 Å². The lowest BCUT2D eigenvalue weighted by atomic mass is 10.3. The molecule has 1 amide bonds. The van der Waals surface area contributed by atoms with Crippen LogP contribution in [-0.4, -0.2) is 22.0 Å². The van der Waals surface area contributed by atoms with Crippen molar-refractivity contribution in [3.8, 4) is 11.5 Å². The Morgan fingerprint density at radius 2 is 2.13 bits per heavy atom. The summed E-state index contributed by atoms with van der Waals surface area (Å²) in [5.74, 6) is 2.10. The smallest absolute Gasteiger partial charge is 0.244 e. The number of hydrogen-bond acceptors (Lipinski definition) is 4. The van der Waals surface area contributed by atoms with E-state index in [4.69, 9.17) is 8.83 Å². The fourth-order valence-corrected chi connectivity index (χ4v) is 2.18. The number of amides is 1. The molecule has 0 aliphatic carbocycles. The predicted octanol–water partition coefficient (Wildman–Crippen LogP) is 2.65. The summed E-state index contributed by atoms with van der Waals surface area (Å²) in [4.78, 5) is 16.2. The first-order valence-corrected chi connectivity index (χ1v) is 7.28. The number of hydrogen-bond donors (Lipinski definition) is 1. The third-order valence-electron chi connectivity index (χ3n) is 3.34. The van der Waals surface area contributed by atoms with Crippen molar-refractivity contribution < 1.29 is 13.6 Å². The monoisotopic (exact) mass is 311 g/mol. The topological polar surface area (TPSA) is 73.2 Å². The highest BCUT2D eigenvalue weighted by atomic mass is 16.3. The van der Waals surface area contributed by atoms with Gasteiger partial charge in [-0.15, -0.1) is 0 Å². The molecule has 0 unspecified atom stereocenters. The Hall–Kier alpha value is -3.02. The van der Waals surface area contributed by atoms with Crippen molar-refractivity contribution in [2.45, 2.75) is 6.42 Å². The molecule has 1 N–H and O–H groups in total. The van der Waals surface area contributed by atoms with Crippen LogP contribution in [0.15, 0.2) is 57.9 Å². The fraction of sp³-hybridized carbons (Fsp3) is 0.176. The summed E-state index contributed by atoms with van der Waals surface area (Å²) in [5, 5.41) is 2.82. The van der Waals surface area contributed by atoms with E-state index < -0.39 is 0 Å². The molecule has 6 heteroatoms. The summed E-state index contributed by atoms with van der Waals surface area (Å²) >= 11 is 0. The van der Waals surface area contributed by atoms with Crippen LogP contribution in [0.1, 0.15) is 11.6 Å². The van der Waals surface area contributed by atoms with E-state index in [0.717, 1.165) is 17.3 Å². The zero-order valence-electron chi connectivity index (χ0n) is 12.7. The van der Waals surface area contributed by atoms with Gasteiger partial charge in [0.2, 0.25) is 5.91 Å². The van der Waals surface area contributed by atoms with Gasteiger partial charge in [-0.05, 0) is 30.3 Å². The number of carbonyl (C=O) groups is 1. The number of nitrogens with zero attached hydrogens (tertiary/aromatic N) is 2. The van der Waals surface area contributed by atoms with Crippen molar-refractivity contribution in [1.29, 1.82) is 0 Å². The van der Waals surface area contributed by atoms with E-state index in [2.05, 4.69) is 10.3 Å². The van der Waals surface area contributed by atoms with Crippen LogP contribution in [0.2, 0.25) is 0 Å². The second-order valence-electron chi connectivity index (χ2n) is 5.02. The standard InChI is InChI=1S/C17H17N3O3/c1-20-12-14(15-5-3-11-23-15)19-16(20)8-9-18-17(21)7-6-13-4-2-10-22-13/h2-7,10-12H,8-9H2,1H3,(H,18,21)/b7-6+. The predicted molar refractivity (Wildman–Crippen MR) is 85.4 cm³/mol. The molecular weight excluding hydrogens is 294 g/mol. The van der Waals surface area contributed by atoms with Crippen LogP contribution in [0.5, 0.6) is 0 Å². The Balaban J connectivity index is 1.52. The van der Waals surface area contributed by atoms with E-state index in [-0.39, 0.29) is 5.91 Å². The number of nitrogens with one attached hydrogen (secondary N) is 1. The number of aryl methyl sites for hydroxylation is 1. The lowest BCUT2D eigenvalue weighted by Gasteiger charge is -2.02. The van der Waals surface area contributed by atoms with Gasteiger partial charge in [-0.25, -0.2) is 4.98 Å². The molecule has 3 aromatic heterocycles. The van der Waals surface area contributed by atoms with E-state index in [1.54, 1.807) is 30.7 Å².